The van der Waals surface area contributed by atoms with Crippen molar-refractivity contribution in [3.05, 3.63) is 59.7 Å². The number of hydrogen-bond donors (Lipinski definition) is 1. The third kappa shape index (κ3) is 6.48. The largest absolute Gasteiger partial charge is 0.497 e. The Morgan fingerprint density at radius 2 is 1.83 bits per heavy atom. The van der Waals surface area contributed by atoms with E-state index in [2.05, 4.69) is 53.6 Å². The molecular weight excluding hydrogens is 434 g/mol. The lowest BCUT2D eigenvalue weighted by molar-refractivity contribution is -0.115. The third-order valence-electron chi connectivity index (χ3n) is 4.38. The van der Waals surface area contributed by atoms with Crippen LogP contribution in [0.1, 0.15) is 37.8 Å². The minimum absolute atomic E-state index is 0.0806. The van der Waals surface area contributed by atoms with Crippen LogP contribution in [0.4, 0.5) is 5.69 Å². The van der Waals surface area contributed by atoms with Gasteiger partial charge in [-0.05, 0) is 36.1 Å². The zero-order valence-electron chi connectivity index (χ0n) is 17.4. The van der Waals surface area contributed by atoms with Crippen LogP contribution in [0.25, 0.3) is 0 Å². The maximum atomic E-state index is 12.5. The van der Waals surface area contributed by atoms with Gasteiger partial charge in [-0.2, -0.15) is 0 Å². The summed E-state index contributed by atoms with van der Waals surface area (Å²) in [6.07, 6.45) is 0. The van der Waals surface area contributed by atoms with Crippen molar-refractivity contribution in [2.75, 3.05) is 12.4 Å². The molecule has 0 aliphatic rings. The lowest BCUT2D eigenvalue weighted by Crippen LogP contribution is -2.22. The fourth-order valence-electron chi connectivity index (χ4n) is 2.60. The van der Waals surface area contributed by atoms with Crippen molar-refractivity contribution in [1.82, 2.24) is 10.2 Å². The van der Waals surface area contributed by atoms with Gasteiger partial charge in [0.2, 0.25) is 5.91 Å². The molecule has 0 fully saturated rings. The Bertz CT molecular complexity index is 974. The van der Waals surface area contributed by atoms with Gasteiger partial charge >= 0.3 is 0 Å². The Balaban J connectivity index is 1.50. The van der Waals surface area contributed by atoms with E-state index in [0.717, 1.165) is 14.4 Å². The Labute approximate surface area is 190 Å². The summed E-state index contributed by atoms with van der Waals surface area (Å²) in [6.45, 7) is 6.26. The van der Waals surface area contributed by atoms with E-state index in [9.17, 15) is 4.79 Å². The van der Waals surface area contributed by atoms with Crippen molar-refractivity contribution in [1.29, 1.82) is 0 Å². The van der Waals surface area contributed by atoms with Gasteiger partial charge in [0.1, 0.15) is 5.75 Å². The zero-order valence-corrected chi connectivity index (χ0v) is 19.9. The number of carbonyl (C=O) groups is 1. The molecule has 5 nitrogen and oxygen atoms in total. The highest BCUT2D eigenvalue weighted by Gasteiger charge is 2.18. The number of rotatable bonds is 9. The number of anilines is 1. The van der Waals surface area contributed by atoms with Gasteiger partial charge in [0.25, 0.3) is 0 Å². The summed E-state index contributed by atoms with van der Waals surface area (Å²) in [4.78, 5) is 12.5. The average molecular weight is 460 g/mol. The number of amides is 1. The molecule has 30 heavy (non-hydrogen) atoms. The average Bonchev–Trinajstić information content (AvgIpc) is 3.19. The second-order valence-electron chi connectivity index (χ2n) is 7.00. The van der Waals surface area contributed by atoms with Gasteiger partial charge in [-0.1, -0.05) is 79.0 Å². The fourth-order valence-corrected chi connectivity index (χ4v) is 5.72. The second-order valence-corrected chi connectivity index (χ2v) is 10.8. The number of ether oxygens (including phenoxy) is 1. The van der Waals surface area contributed by atoms with Crippen LogP contribution in [0.5, 0.6) is 5.75 Å². The topological polar surface area (TPSA) is 64.1 Å². The van der Waals surface area contributed by atoms with E-state index in [1.165, 1.54) is 34.2 Å². The van der Waals surface area contributed by atoms with Crippen LogP contribution < -0.4 is 10.1 Å². The highest BCUT2D eigenvalue weighted by Crippen LogP contribution is 2.33. The number of aromatic nitrogens is 2. The quantitative estimate of drug-likeness (QED) is 0.391. The van der Waals surface area contributed by atoms with E-state index in [-0.39, 0.29) is 11.2 Å². The monoisotopic (exact) mass is 459 g/mol. The van der Waals surface area contributed by atoms with E-state index in [0.29, 0.717) is 17.4 Å². The van der Waals surface area contributed by atoms with E-state index in [1.54, 1.807) is 24.9 Å². The van der Waals surface area contributed by atoms with E-state index < -0.39 is 0 Å². The number of thioether (sulfide) groups is 2. The van der Waals surface area contributed by atoms with Crippen LogP contribution in [0.2, 0.25) is 0 Å². The first-order valence-corrected chi connectivity index (χ1v) is 12.3. The number of carbonyl (C=O) groups excluding carboxylic acids is 1. The SMILES string of the molecule is COc1cccc(NC(=O)C(C)Sc2nnc(SCc3ccc(C(C)C)cc3)s2)c1. The van der Waals surface area contributed by atoms with Gasteiger partial charge in [-0.3, -0.25) is 4.79 Å². The molecule has 8 heteroatoms. The molecule has 0 radical (unpaired) electrons. The van der Waals surface area contributed by atoms with Gasteiger partial charge in [0, 0.05) is 17.5 Å². The van der Waals surface area contributed by atoms with Gasteiger partial charge in [-0.15, -0.1) is 10.2 Å². The highest BCUT2D eigenvalue weighted by atomic mass is 32.2. The highest BCUT2D eigenvalue weighted by molar-refractivity contribution is 8.03. The zero-order chi connectivity index (χ0) is 21.5. The summed E-state index contributed by atoms with van der Waals surface area (Å²) < 4.78 is 6.89. The fraction of sp³-hybridized carbons (Fsp3) is 0.318. The summed E-state index contributed by atoms with van der Waals surface area (Å²) >= 11 is 4.61. The van der Waals surface area contributed by atoms with E-state index in [1.807, 2.05) is 25.1 Å². The molecule has 3 rings (SSSR count). The van der Waals surface area contributed by atoms with Crippen LogP contribution in [0.3, 0.4) is 0 Å². The second kappa shape index (κ2) is 10.8. The van der Waals surface area contributed by atoms with Crippen LogP contribution in [-0.4, -0.2) is 28.5 Å². The molecule has 1 aromatic heterocycles. The third-order valence-corrected chi connectivity index (χ3v) is 7.69. The standard InChI is InChI=1S/C22H25N3O2S3/c1-14(2)17-10-8-16(9-11-17)13-28-21-24-25-22(30-21)29-15(3)20(26)23-18-6-5-7-19(12-18)27-4/h5-12,14-15H,13H2,1-4H3,(H,23,26). The van der Waals surface area contributed by atoms with Crippen molar-refractivity contribution in [3.8, 4) is 5.75 Å². The molecule has 1 heterocycles. The molecule has 0 aliphatic carbocycles. The Kier molecular flexibility index (Phi) is 8.18. The predicted molar refractivity (Wildman–Crippen MR) is 127 cm³/mol. The molecule has 1 unspecified atom stereocenters. The molecule has 1 amide bonds. The molecule has 0 bridgehead atoms. The van der Waals surface area contributed by atoms with Crippen LogP contribution >= 0.6 is 34.9 Å². The van der Waals surface area contributed by atoms with Gasteiger partial charge in [0.05, 0.1) is 12.4 Å². The summed E-state index contributed by atoms with van der Waals surface area (Å²) in [5.41, 5.74) is 3.32. The van der Waals surface area contributed by atoms with Gasteiger partial charge in [-0.25, -0.2) is 0 Å². The smallest absolute Gasteiger partial charge is 0.237 e. The lowest BCUT2D eigenvalue weighted by Gasteiger charge is -2.11. The lowest BCUT2D eigenvalue weighted by atomic mass is 10.0. The van der Waals surface area contributed by atoms with E-state index in [4.69, 9.17) is 4.74 Å². The predicted octanol–water partition coefficient (Wildman–Crippen LogP) is 6.08. The number of nitrogens with one attached hydrogen (secondary N) is 1. The van der Waals surface area contributed by atoms with Crippen molar-refractivity contribution in [2.24, 2.45) is 0 Å². The Hall–Kier alpha value is -2.03. The van der Waals surface area contributed by atoms with Gasteiger partial charge in [0.15, 0.2) is 8.68 Å². The molecule has 3 aromatic rings. The molecule has 1 N–H and O–H groups in total. The first kappa shape index (κ1) is 22.7. The molecule has 0 saturated heterocycles. The van der Waals surface area contributed by atoms with Gasteiger partial charge < -0.3 is 10.1 Å². The molecule has 0 spiro atoms. The van der Waals surface area contributed by atoms with E-state index >= 15 is 0 Å². The molecule has 2 aromatic carbocycles. The normalized spacial score (nSPS) is 12.0. The van der Waals surface area contributed by atoms with Crippen LogP contribution in [0.15, 0.2) is 57.2 Å². The first-order valence-electron chi connectivity index (χ1n) is 9.61. The first-order chi connectivity index (χ1) is 14.4. The van der Waals surface area contributed by atoms with Crippen LogP contribution in [0, 0.1) is 0 Å². The Morgan fingerprint density at radius 3 is 2.53 bits per heavy atom. The maximum absolute atomic E-state index is 12.5. The van der Waals surface area contributed by atoms with Crippen molar-refractivity contribution in [3.63, 3.8) is 0 Å². The number of benzene rings is 2. The minimum Gasteiger partial charge on any atom is -0.497 e. The van der Waals surface area contributed by atoms with Crippen molar-refractivity contribution >= 4 is 46.5 Å². The summed E-state index contributed by atoms with van der Waals surface area (Å²) in [5.74, 6) is 2.02. The van der Waals surface area contributed by atoms with Crippen LogP contribution in [-0.2, 0) is 10.5 Å². The number of methoxy groups -OCH3 is 1. The number of hydrogen-bond acceptors (Lipinski definition) is 7. The molecule has 1 atom stereocenters. The van der Waals surface area contributed by atoms with Crippen molar-refractivity contribution in [2.45, 2.75) is 46.4 Å². The Morgan fingerprint density at radius 1 is 1.10 bits per heavy atom. The summed E-state index contributed by atoms with van der Waals surface area (Å²) in [5, 5.41) is 11.1. The summed E-state index contributed by atoms with van der Waals surface area (Å²) in [6, 6.07) is 16.0. The molecule has 0 aliphatic heterocycles. The molecular formula is C22H25N3O2S3. The van der Waals surface area contributed by atoms with Crippen molar-refractivity contribution < 1.29 is 9.53 Å². The number of nitrogens with zero attached hydrogens (tertiary/aromatic N) is 2. The summed E-state index contributed by atoms with van der Waals surface area (Å²) in [7, 11) is 1.60. The maximum Gasteiger partial charge on any atom is 0.237 e. The molecule has 158 valence electrons. The molecule has 0 saturated carbocycles. The minimum atomic E-state index is -0.287.